The number of thioether (sulfide) groups is 1. The van der Waals surface area contributed by atoms with E-state index >= 15 is 0 Å². The summed E-state index contributed by atoms with van der Waals surface area (Å²) in [6, 6.07) is 6.26. The Morgan fingerprint density at radius 3 is 2.71 bits per heavy atom. The number of ether oxygens (including phenoxy) is 3. The Labute approximate surface area is 146 Å². The van der Waals surface area contributed by atoms with Crippen molar-refractivity contribution in [1.82, 2.24) is 9.88 Å². The Kier molecular flexibility index (Phi) is 4.78. The van der Waals surface area contributed by atoms with Crippen molar-refractivity contribution in [2.45, 2.75) is 18.4 Å². The van der Waals surface area contributed by atoms with Crippen molar-refractivity contribution in [2.75, 3.05) is 45.4 Å². The molecule has 2 aliphatic heterocycles. The highest BCUT2D eigenvalue weighted by molar-refractivity contribution is 7.99. The van der Waals surface area contributed by atoms with Gasteiger partial charge in [0, 0.05) is 36.8 Å². The van der Waals surface area contributed by atoms with E-state index in [1.807, 2.05) is 23.9 Å². The molecule has 1 fully saturated rings. The van der Waals surface area contributed by atoms with Gasteiger partial charge in [0.05, 0.1) is 23.8 Å². The van der Waals surface area contributed by atoms with Crippen LogP contribution in [-0.2, 0) is 11.2 Å². The molecule has 5 nitrogen and oxygen atoms in total. The first-order valence-electron chi connectivity index (χ1n) is 8.49. The van der Waals surface area contributed by atoms with Crippen molar-refractivity contribution in [3.05, 3.63) is 23.8 Å². The van der Waals surface area contributed by atoms with Gasteiger partial charge in [0.2, 0.25) is 6.79 Å². The normalized spacial score (nSPS) is 17.5. The van der Waals surface area contributed by atoms with Gasteiger partial charge < -0.3 is 14.2 Å². The molecule has 1 aromatic heterocycles. The highest BCUT2D eigenvalue weighted by Crippen LogP contribution is 2.37. The molecule has 0 aliphatic carbocycles. The van der Waals surface area contributed by atoms with Gasteiger partial charge in [0.15, 0.2) is 11.5 Å². The van der Waals surface area contributed by atoms with Gasteiger partial charge in [-0.25, -0.2) is 4.98 Å². The lowest BCUT2D eigenvalue weighted by Gasteiger charge is -2.26. The van der Waals surface area contributed by atoms with E-state index in [0.29, 0.717) is 6.79 Å². The third-order valence-electron chi connectivity index (χ3n) is 4.48. The second-order valence-corrected chi connectivity index (χ2v) is 7.09. The summed E-state index contributed by atoms with van der Waals surface area (Å²) in [5.41, 5.74) is 2.28. The van der Waals surface area contributed by atoms with Crippen molar-refractivity contribution < 1.29 is 14.2 Å². The molecule has 128 valence electrons. The quantitative estimate of drug-likeness (QED) is 0.776. The van der Waals surface area contributed by atoms with Gasteiger partial charge in [-0.1, -0.05) is 6.92 Å². The molecule has 0 amide bonds. The molecule has 0 saturated carbocycles. The molecule has 3 heterocycles. The first-order chi connectivity index (χ1) is 11.8. The molecule has 0 unspecified atom stereocenters. The average Bonchev–Trinajstić information content (AvgIpc) is 3.07. The number of rotatable bonds is 5. The second-order valence-electron chi connectivity index (χ2n) is 6.01. The van der Waals surface area contributed by atoms with Gasteiger partial charge in [-0.3, -0.25) is 4.90 Å². The van der Waals surface area contributed by atoms with Crippen LogP contribution in [0.25, 0.3) is 10.9 Å². The summed E-state index contributed by atoms with van der Waals surface area (Å²) in [6.45, 7) is 7.34. The van der Waals surface area contributed by atoms with Gasteiger partial charge in [0.25, 0.3) is 0 Å². The maximum Gasteiger partial charge on any atom is 0.231 e. The van der Waals surface area contributed by atoms with E-state index in [-0.39, 0.29) is 0 Å². The van der Waals surface area contributed by atoms with Crippen LogP contribution in [0.5, 0.6) is 11.5 Å². The van der Waals surface area contributed by atoms with Crippen molar-refractivity contribution in [2.24, 2.45) is 0 Å². The third kappa shape index (κ3) is 3.31. The molecule has 4 rings (SSSR count). The predicted octanol–water partition coefficient (Wildman–Crippen LogP) is 2.95. The second kappa shape index (κ2) is 7.17. The molecule has 6 heteroatoms. The van der Waals surface area contributed by atoms with Crippen molar-refractivity contribution in [1.29, 1.82) is 0 Å². The molecule has 24 heavy (non-hydrogen) atoms. The van der Waals surface area contributed by atoms with Gasteiger partial charge in [-0.05, 0) is 24.1 Å². The van der Waals surface area contributed by atoms with Crippen LogP contribution in [0.4, 0.5) is 0 Å². The van der Waals surface area contributed by atoms with Gasteiger partial charge >= 0.3 is 0 Å². The number of pyridine rings is 1. The predicted molar refractivity (Wildman–Crippen MR) is 95.2 cm³/mol. The number of benzene rings is 1. The minimum absolute atomic E-state index is 0.299. The number of hydrogen-bond acceptors (Lipinski definition) is 6. The summed E-state index contributed by atoms with van der Waals surface area (Å²) in [6.07, 6.45) is 0.983. The molecule has 1 saturated heterocycles. The lowest BCUT2D eigenvalue weighted by molar-refractivity contribution is 0.0410. The van der Waals surface area contributed by atoms with Gasteiger partial charge in [-0.2, -0.15) is 0 Å². The first kappa shape index (κ1) is 16.0. The average molecular weight is 346 g/mol. The first-order valence-corrected chi connectivity index (χ1v) is 9.48. The molecule has 2 aromatic rings. The van der Waals surface area contributed by atoms with Gasteiger partial charge in [-0.15, -0.1) is 11.8 Å². The van der Waals surface area contributed by atoms with Crippen LogP contribution in [-0.4, -0.2) is 55.3 Å². The molecule has 0 spiro atoms. The van der Waals surface area contributed by atoms with Crippen LogP contribution < -0.4 is 9.47 Å². The standard InChI is InChI=1S/C18H22N2O3S/c1-2-13-9-14-10-16-17(23-12-22-16)11-15(14)19-18(13)24-8-5-20-3-6-21-7-4-20/h9-11H,2-8,12H2,1H3. The van der Waals surface area contributed by atoms with Crippen molar-refractivity contribution in [3.63, 3.8) is 0 Å². The minimum atomic E-state index is 0.299. The maximum atomic E-state index is 5.48. The van der Waals surface area contributed by atoms with E-state index in [1.165, 1.54) is 5.56 Å². The van der Waals surface area contributed by atoms with Crippen LogP contribution >= 0.6 is 11.8 Å². The van der Waals surface area contributed by atoms with Crippen molar-refractivity contribution in [3.8, 4) is 11.5 Å². The number of nitrogens with zero attached hydrogens (tertiary/aromatic N) is 2. The molecule has 0 atom stereocenters. The lowest BCUT2D eigenvalue weighted by Crippen LogP contribution is -2.37. The van der Waals surface area contributed by atoms with E-state index in [2.05, 4.69) is 17.9 Å². The third-order valence-corrected chi connectivity index (χ3v) is 5.49. The van der Waals surface area contributed by atoms with Crippen LogP contribution in [0.2, 0.25) is 0 Å². The smallest absolute Gasteiger partial charge is 0.231 e. The number of fused-ring (bicyclic) bond motifs is 2. The minimum Gasteiger partial charge on any atom is -0.454 e. The van der Waals surface area contributed by atoms with Crippen LogP contribution in [0.1, 0.15) is 12.5 Å². The fourth-order valence-electron chi connectivity index (χ4n) is 3.06. The summed E-state index contributed by atoms with van der Waals surface area (Å²) in [5.74, 6) is 2.67. The van der Waals surface area contributed by atoms with E-state index in [1.54, 1.807) is 0 Å². The summed E-state index contributed by atoms with van der Waals surface area (Å²) in [4.78, 5) is 7.35. The van der Waals surface area contributed by atoms with Crippen LogP contribution in [0, 0.1) is 0 Å². The molecule has 2 aliphatic rings. The SMILES string of the molecule is CCc1cc2cc3c(cc2nc1SCCN1CCOCC1)OCO3. The number of hydrogen-bond donors (Lipinski definition) is 0. The van der Waals surface area contributed by atoms with E-state index in [0.717, 1.165) is 72.4 Å². The zero-order chi connectivity index (χ0) is 16.4. The molecule has 0 bridgehead atoms. The molecular weight excluding hydrogens is 324 g/mol. The Morgan fingerprint density at radius 2 is 1.92 bits per heavy atom. The Bertz CT molecular complexity index is 732. The summed E-state index contributed by atoms with van der Waals surface area (Å²) in [5, 5.41) is 2.26. The van der Waals surface area contributed by atoms with Crippen molar-refractivity contribution >= 4 is 22.7 Å². The maximum absolute atomic E-state index is 5.48. The fourth-order valence-corrected chi connectivity index (χ4v) is 4.16. The van der Waals surface area contributed by atoms with Crippen LogP contribution in [0.15, 0.2) is 23.2 Å². The zero-order valence-electron chi connectivity index (χ0n) is 13.9. The topological polar surface area (TPSA) is 43.8 Å². The van der Waals surface area contributed by atoms with E-state index in [4.69, 9.17) is 19.2 Å². The fraction of sp³-hybridized carbons (Fsp3) is 0.500. The van der Waals surface area contributed by atoms with Crippen LogP contribution in [0.3, 0.4) is 0 Å². The number of aryl methyl sites for hydroxylation is 1. The lowest BCUT2D eigenvalue weighted by atomic mass is 10.1. The number of aromatic nitrogens is 1. The zero-order valence-corrected chi connectivity index (χ0v) is 14.7. The van der Waals surface area contributed by atoms with Gasteiger partial charge in [0.1, 0.15) is 0 Å². The van der Waals surface area contributed by atoms with E-state index < -0.39 is 0 Å². The number of morpholine rings is 1. The highest BCUT2D eigenvalue weighted by Gasteiger charge is 2.16. The Balaban J connectivity index is 1.51. The molecule has 0 radical (unpaired) electrons. The molecule has 0 N–H and O–H groups in total. The largest absolute Gasteiger partial charge is 0.454 e. The van der Waals surface area contributed by atoms with E-state index in [9.17, 15) is 0 Å². The highest BCUT2D eigenvalue weighted by atomic mass is 32.2. The Morgan fingerprint density at radius 1 is 1.12 bits per heavy atom. The molecular formula is C18H22N2O3S. The Hall–Kier alpha value is -1.50. The molecule has 1 aromatic carbocycles. The summed E-state index contributed by atoms with van der Waals surface area (Å²) in [7, 11) is 0. The summed E-state index contributed by atoms with van der Waals surface area (Å²) >= 11 is 1.85. The monoisotopic (exact) mass is 346 g/mol. The summed E-state index contributed by atoms with van der Waals surface area (Å²) < 4.78 is 16.4.